The molecule has 0 saturated heterocycles. The molecule has 20 heavy (non-hydrogen) atoms. The molecule has 1 fully saturated rings. The second kappa shape index (κ2) is 5.64. The third-order valence-corrected chi connectivity index (χ3v) is 3.92. The smallest absolute Gasteiger partial charge is 0.307 e. The van der Waals surface area contributed by atoms with Gasteiger partial charge in [-0.15, -0.1) is 0 Å². The number of rotatable bonds is 5. The lowest BCUT2D eigenvalue weighted by Crippen LogP contribution is -2.45. The van der Waals surface area contributed by atoms with Gasteiger partial charge >= 0.3 is 5.97 Å². The van der Waals surface area contributed by atoms with Crippen LogP contribution in [0.4, 0.5) is 0 Å². The molecule has 1 saturated carbocycles. The van der Waals surface area contributed by atoms with Gasteiger partial charge in [0.1, 0.15) is 0 Å². The summed E-state index contributed by atoms with van der Waals surface area (Å²) in [6.07, 6.45) is 4.52. The Morgan fingerprint density at radius 1 is 1.20 bits per heavy atom. The first-order valence-electron chi connectivity index (χ1n) is 6.88. The van der Waals surface area contributed by atoms with Crippen LogP contribution in [0.1, 0.15) is 20.3 Å². The molecule has 3 N–H and O–H groups in total. The summed E-state index contributed by atoms with van der Waals surface area (Å²) >= 11 is 0. The number of amides is 2. The monoisotopic (exact) mass is 280 g/mol. The molecule has 6 heteroatoms. The van der Waals surface area contributed by atoms with E-state index in [4.69, 9.17) is 0 Å². The SMILES string of the molecule is CC(C)NC(=O)CNC(=O)[C@H]1C2C=CC(C2)[C@H]1C(=O)O. The molecule has 2 aliphatic carbocycles. The van der Waals surface area contributed by atoms with E-state index < -0.39 is 17.8 Å². The van der Waals surface area contributed by atoms with E-state index in [1.807, 2.05) is 26.0 Å². The summed E-state index contributed by atoms with van der Waals surface area (Å²) < 4.78 is 0. The van der Waals surface area contributed by atoms with Gasteiger partial charge in [0.2, 0.25) is 11.8 Å². The first-order valence-corrected chi connectivity index (χ1v) is 6.88. The quantitative estimate of drug-likeness (QED) is 0.625. The molecule has 4 atom stereocenters. The minimum atomic E-state index is -0.936. The number of hydrogen-bond donors (Lipinski definition) is 3. The van der Waals surface area contributed by atoms with Gasteiger partial charge in [-0.05, 0) is 32.1 Å². The van der Waals surface area contributed by atoms with Gasteiger partial charge in [-0.25, -0.2) is 0 Å². The standard InChI is InChI=1S/C14H20N2O4/c1-7(2)16-10(17)6-15-13(18)11-8-3-4-9(5-8)12(11)14(19)20/h3-4,7-9,11-12H,5-6H2,1-2H3,(H,15,18)(H,16,17)(H,19,20)/t8?,9?,11-,12+/m0/s1. The lowest BCUT2D eigenvalue weighted by atomic mass is 9.82. The first-order chi connectivity index (χ1) is 9.40. The Kier molecular flexibility index (Phi) is 4.11. The summed E-state index contributed by atoms with van der Waals surface area (Å²) in [5.41, 5.74) is 0. The van der Waals surface area contributed by atoms with Crippen molar-refractivity contribution in [1.82, 2.24) is 10.6 Å². The first kappa shape index (κ1) is 14.6. The topological polar surface area (TPSA) is 95.5 Å². The average Bonchev–Trinajstić information content (AvgIpc) is 2.94. The summed E-state index contributed by atoms with van der Waals surface area (Å²) in [5, 5.41) is 14.5. The van der Waals surface area contributed by atoms with E-state index in [9.17, 15) is 19.5 Å². The van der Waals surface area contributed by atoms with E-state index in [1.165, 1.54) is 0 Å². The number of nitrogens with one attached hydrogen (secondary N) is 2. The Bertz CT molecular complexity index is 458. The molecule has 0 spiro atoms. The highest BCUT2D eigenvalue weighted by Gasteiger charge is 2.51. The molecule has 2 amide bonds. The highest BCUT2D eigenvalue weighted by molar-refractivity contribution is 5.90. The predicted molar refractivity (Wildman–Crippen MR) is 71.6 cm³/mol. The maximum atomic E-state index is 12.2. The lowest BCUT2D eigenvalue weighted by molar-refractivity contribution is -0.147. The van der Waals surface area contributed by atoms with Gasteiger partial charge in [-0.3, -0.25) is 14.4 Å². The summed E-state index contributed by atoms with van der Waals surface area (Å²) in [5.74, 6) is -2.85. The lowest BCUT2D eigenvalue weighted by Gasteiger charge is -2.23. The van der Waals surface area contributed by atoms with Crippen LogP contribution in [0.5, 0.6) is 0 Å². The summed E-state index contributed by atoms with van der Waals surface area (Å²) in [6, 6.07) is 0.0107. The molecular formula is C14H20N2O4. The molecule has 0 aromatic carbocycles. The molecular weight excluding hydrogens is 260 g/mol. The van der Waals surface area contributed by atoms with Crippen LogP contribution in [0.15, 0.2) is 12.2 Å². The molecule has 2 aliphatic rings. The zero-order valence-corrected chi connectivity index (χ0v) is 11.6. The number of allylic oxidation sites excluding steroid dienone is 2. The number of carboxylic acid groups (broad SMARTS) is 1. The van der Waals surface area contributed by atoms with E-state index in [-0.39, 0.29) is 36.2 Å². The van der Waals surface area contributed by atoms with Crippen molar-refractivity contribution >= 4 is 17.8 Å². The minimum absolute atomic E-state index is 0.0107. The van der Waals surface area contributed by atoms with Crippen molar-refractivity contribution in [2.24, 2.45) is 23.7 Å². The van der Waals surface area contributed by atoms with Crippen molar-refractivity contribution in [2.45, 2.75) is 26.3 Å². The molecule has 2 unspecified atom stereocenters. The van der Waals surface area contributed by atoms with Crippen LogP contribution in [0.3, 0.4) is 0 Å². The Hall–Kier alpha value is -1.85. The van der Waals surface area contributed by atoms with Crippen molar-refractivity contribution in [3.63, 3.8) is 0 Å². The van der Waals surface area contributed by atoms with Crippen LogP contribution in [0.2, 0.25) is 0 Å². The predicted octanol–water partition coefficient (Wildman–Crippen LogP) is 0.150. The Balaban J connectivity index is 1.94. The Morgan fingerprint density at radius 3 is 2.35 bits per heavy atom. The second-order valence-corrected chi connectivity index (χ2v) is 5.78. The fourth-order valence-electron chi connectivity index (χ4n) is 3.17. The normalized spacial score (nSPS) is 30.6. The fourth-order valence-corrected chi connectivity index (χ4v) is 3.17. The third-order valence-electron chi connectivity index (χ3n) is 3.92. The van der Waals surface area contributed by atoms with Gasteiger partial charge in [0, 0.05) is 6.04 Å². The molecule has 0 aromatic heterocycles. The Labute approximate surface area is 117 Å². The van der Waals surface area contributed by atoms with E-state index in [1.54, 1.807) is 0 Å². The van der Waals surface area contributed by atoms with Gasteiger partial charge in [-0.1, -0.05) is 12.2 Å². The van der Waals surface area contributed by atoms with Gasteiger partial charge in [-0.2, -0.15) is 0 Å². The molecule has 110 valence electrons. The summed E-state index contributed by atoms with van der Waals surface area (Å²) in [6.45, 7) is 3.56. The number of carbonyl (C=O) groups excluding carboxylic acids is 2. The molecule has 0 heterocycles. The maximum Gasteiger partial charge on any atom is 0.307 e. The van der Waals surface area contributed by atoms with Crippen molar-refractivity contribution < 1.29 is 19.5 Å². The third kappa shape index (κ3) is 2.84. The molecule has 2 bridgehead atoms. The Morgan fingerprint density at radius 2 is 1.80 bits per heavy atom. The number of carboxylic acids is 1. The van der Waals surface area contributed by atoms with Crippen LogP contribution in [-0.4, -0.2) is 35.5 Å². The summed E-state index contributed by atoms with van der Waals surface area (Å²) in [4.78, 5) is 34.9. The zero-order valence-electron chi connectivity index (χ0n) is 11.6. The summed E-state index contributed by atoms with van der Waals surface area (Å²) in [7, 11) is 0. The van der Waals surface area contributed by atoms with Gasteiger partial charge in [0.25, 0.3) is 0 Å². The second-order valence-electron chi connectivity index (χ2n) is 5.78. The number of carbonyl (C=O) groups is 3. The van der Waals surface area contributed by atoms with E-state index in [2.05, 4.69) is 10.6 Å². The van der Waals surface area contributed by atoms with Gasteiger partial charge in [0.15, 0.2) is 0 Å². The molecule has 6 nitrogen and oxygen atoms in total. The molecule has 0 radical (unpaired) electrons. The van der Waals surface area contributed by atoms with Gasteiger partial charge in [0.05, 0.1) is 18.4 Å². The molecule has 0 aromatic rings. The van der Waals surface area contributed by atoms with Gasteiger partial charge < -0.3 is 15.7 Å². The van der Waals surface area contributed by atoms with E-state index in [0.717, 1.165) is 0 Å². The molecule has 2 rings (SSSR count). The number of fused-ring (bicyclic) bond motifs is 2. The van der Waals surface area contributed by atoms with Crippen molar-refractivity contribution in [1.29, 1.82) is 0 Å². The molecule has 0 aliphatic heterocycles. The zero-order chi connectivity index (χ0) is 14.9. The van der Waals surface area contributed by atoms with Crippen LogP contribution >= 0.6 is 0 Å². The van der Waals surface area contributed by atoms with Crippen LogP contribution in [0, 0.1) is 23.7 Å². The van der Waals surface area contributed by atoms with Crippen LogP contribution in [-0.2, 0) is 14.4 Å². The fraction of sp³-hybridized carbons (Fsp3) is 0.643. The average molecular weight is 280 g/mol. The van der Waals surface area contributed by atoms with Crippen molar-refractivity contribution in [3.8, 4) is 0 Å². The van der Waals surface area contributed by atoms with E-state index >= 15 is 0 Å². The van der Waals surface area contributed by atoms with Crippen LogP contribution in [0.25, 0.3) is 0 Å². The largest absolute Gasteiger partial charge is 0.481 e. The number of hydrogen-bond acceptors (Lipinski definition) is 3. The highest BCUT2D eigenvalue weighted by atomic mass is 16.4. The van der Waals surface area contributed by atoms with E-state index in [0.29, 0.717) is 6.42 Å². The van der Waals surface area contributed by atoms with Crippen LogP contribution < -0.4 is 10.6 Å². The minimum Gasteiger partial charge on any atom is -0.481 e. The van der Waals surface area contributed by atoms with Crippen molar-refractivity contribution in [2.75, 3.05) is 6.54 Å². The maximum absolute atomic E-state index is 12.2. The highest BCUT2D eigenvalue weighted by Crippen LogP contribution is 2.48. The number of aliphatic carboxylic acids is 1. The van der Waals surface area contributed by atoms with Crippen molar-refractivity contribution in [3.05, 3.63) is 12.2 Å².